The molecule has 1 aliphatic rings. The van der Waals surface area contributed by atoms with Crippen molar-refractivity contribution in [1.29, 1.82) is 0 Å². The van der Waals surface area contributed by atoms with Crippen LogP contribution in [-0.4, -0.2) is 42.5 Å². The Morgan fingerprint density at radius 1 is 1.30 bits per heavy atom. The van der Waals surface area contributed by atoms with E-state index in [0.29, 0.717) is 17.9 Å². The van der Waals surface area contributed by atoms with E-state index in [1.807, 2.05) is 0 Å². The maximum absolute atomic E-state index is 12.1. The van der Waals surface area contributed by atoms with Gasteiger partial charge in [0.05, 0.1) is 23.8 Å². The number of benzene rings is 1. The quantitative estimate of drug-likeness (QED) is 0.643. The summed E-state index contributed by atoms with van der Waals surface area (Å²) in [5.74, 6) is 0.184. The number of hydrogen-bond acceptors (Lipinski definition) is 5. The van der Waals surface area contributed by atoms with Crippen LogP contribution in [0.15, 0.2) is 18.2 Å². The van der Waals surface area contributed by atoms with Gasteiger partial charge in [0.2, 0.25) is 5.91 Å². The fraction of sp³-hybridized carbons (Fsp3) is 0.562. The van der Waals surface area contributed by atoms with Crippen LogP contribution in [0.1, 0.15) is 32.1 Å². The third-order valence-electron chi connectivity index (χ3n) is 4.02. The molecule has 1 saturated heterocycles. The van der Waals surface area contributed by atoms with E-state index in [1.54, 1.807) is 0 Å². The molecule has 0 radical (unpaired) electrons. The Morgan fingerprint density at radius 2 is 2.00 bits per heavy atom. The SMILES string of the molecule is COc1cc([N+](=O)[O-])ccc1NC(=O)CCN1CCCCCC1. The first-order chi connectivity index (χ1) is 11.1. The van der Waals surface area contributed by atoms with Gasteiger partial charge >= 0.3 is 0 Å². The highest BCUT2D eigenvalue weighted by molar-refractivity contribution is 5.92. The van der Waals surface area contributed by atoms with Crippen molar-refractivity contribution < 1.29 is 14.5 Å². The second-order valence-electron chi connectivity index (χ2n) is 5.70. The number of hydrogen-bond donors (Lipinski definition) is 1. The minimum Gasteiger partial charge on any atom is -0.494 e. The van der Waals surface area contributed by atoms with E-state index < -0.39 is 4.92 Å². The molecule has 23 heavy (non-hydrogen) atoms. The fourth-order valence-electron chi connectivity index (χ4n) is 2.73. The summed E-state index contributed by atoms with van der Waals surface area (Å²) in [5.41, 5.74) is 0.392. The van der Waals surface area contributed by atoms with Crippen molar-refractivity contribution in [3.63, 3.8) is 0 Å². The van der Waals surface area contributed by atoms with Crippen molar-refractivity contribution >= 4 is 17.3 Å². The molecule has 2 rings (SSSR count). The van der Waals surface area contributed by atoms with Crippen LogP contribution in [-0.2, 0) is 4.79 Å². The Morgan fingerprint density at radius 3 is 2.61 bits per heavy atom. The number of rotatable bonds is 6. The zero-order valence-electron chi connectivity index (χ0n) is 13.4. The van der Waals surface area contributed by atoms with Gasteiger partial charge < -0.3 is 15.0 Å². The summed E-state index contributed by atoms with van der Waals surface area (Å²) in [4.78, 5) is 24.7. The van der Waals surface area contributed by atoms with Gasteiger partial charge in [-0.2, -0.15) is 0 Å². The molecule has 1 aromatic rings. The first kappa shape index (κ1) is 17.2. The maximum atomic E-state index is 12.1. The summed E-state index contributed by atoms with van der Waals surface area (Å²) < 4.78 is 5.12. The number of likely N-dealkylation sites (tertiary alicyclic amines) is 1. The van der Waals surface area contributed by atoms with Gasteiger partial charge in [0.25, 0.3) is 5.69 Å². The van der Waals surface area contributed by atoms with Crippen LogP contribution in [0, 0.1) is 10.1 Å². The molecule has 1 aliphatic heterocycles. The zero-order chi connectivity index (χ0) is 16.7. The number of nitro benzene ring substituents is 1. The van der Waals surface area contributed by atoms with E-state index in [4.69, 9.17) is 4.74 Å². The average molecular weight is 321 g/mol. The number of ether oxygens (including phenoxy) is 1. The highest BCUT2D eigenvalue weighted by atomic mass is 16.6. The molecule has 0 aliphatic carbocycles. The standard InChI is InChI=1S/C16H23N3O4/c1-23-15-12-13(19(21)22)6-7-14(15)17-16(20)8-11-18-9-4-2-3-5-10-18/h6-7,12H,2-5,8-11H2,1H3,(H,17,20). The van der Waals surface area contributed by atoms with Gasteiger partial charge in [-0.25, -0.2) is 0 Å². The molecule has 0 spiro atoms. The Hall–Kier alpha value is -2.15. The molecule has 126 valence electrons. The molecule has 1 amide bonds. The Kier molecular flexibility index (Phi) is 6.34. The highest BCUT2D eigenvalue weighted by Gasteiger charge is 2.15. The second kappa shape index (κ2) is 8.47. The molecule has 7 heteroatoms. The van der Waals surface area contributed by atoms with Crippen molar-refractivity contribution in [1.82, 2.24) is 4.90 Å². The van der Waals surface area contributed by atoms with E-state index in [2.05, 4.69) is 10.2 Å². The monoisotopic (exact) mass is 321 g/mol. The summed E-state index contributed by atoms with van der Waals surface area (Å²) in [6.07, 6.45) is 5.32. The minimum absolute atomic E-state index is 0.0654. The zero-order valence-corrected chi connectivity index (χ0v) is 13.4. The maximum Gasteiger partial charge on any atom is 0.273 e. The number of nitrogens with one attached hydrogen (secondary N) is 1. The van der Waals surface area contributed by atoms with E-state index in [1.165, 1.54) is 51.0 Å². The van der Waals surface area contributed by atoms with Crippen molar-refractivity contribution in [2.45, 2.75) is 32.1 Å². The Balaban J connectivity index is 1.90. The molecule has 1 fully saturated rings. The number of anilines is 1. The predicted molar refractivity (Wildman–Crippen MR) is 87.8 cm³/mol. The summed E-state index contributed by atoms with van der Waals surface area (Å²) in [6.45, 7) is 2.84. The van der Waals surface area contributed by atoms with Gasteiger partial charge in [-0.1, -0.05) is 12.8 Å². The Labute approximate surface area is 135 Å². The van der Waals surface area contributed by atoms with Crippen LogP contribution in [0.25, 0.3) is 0 Å². The number of carbonyl (C=O) groups is 1. The number of amides is 1. The first-order valence-corrected chi connectivity index (χ1v) is 7.95. The first-order valence-electron chi connectivity index (χ1n) is 7.95. The van der Waals surface area contributed by atoms with Crippen LogP contribution in [0.4, 0.5) is 11.4 Å². The molecule has 0 aromatic heterocycles. The lowest BCUT2D eigenvalue weighted by molar-refractivity contribution is -0.384. The van der Waals surface area contributed by atoms with Crippen LogP contribution >= 0.6 is 0 Å². The van der Waals surface area contributed by atoms with Gasteiger partial charge in [-0.05, 0) is 32.0 Å². The lowest BCUT2D eigenvalue weighted by Gasteiger charge is -2.19. The largest absolute Gasteiger partial charge is 0.494 e. The molecule has 1 N–H and O–H groups in total. The summed E-state index contributed by atoms with van der Waals surface area (Å²) in [7, 11) is 1.42. The average Bonchev–Trinajstić information content (AvgIpc) is 2.81. The smallest absolute Gasteiger partial charge is 0.273 e. The topological polar surface area (TPSA) is 84.7 Å². The number of nitro groups is 1. The molecule has 7 nitrogen and oxygen atoms in total. The molecule has 1 heterocycles. The van der Waals surface area contributed by atoms with E-state index in [-0.39, 0.29) is 11.6 Å². The molecular formula is C16H23N3O4. The highest BCUT2D eigenvalue weighted by Crippen LogP contribution is 2.29. The lowest BCUT2D eigenvalue weighted by Crippen LogP contribution is -2.28. The third kappa shape index (κ3) is 5.21. The number of carbonyl (C=O) groups excluding carboxylic acids is 1. The molecule has 0 atom stereocenters. The predicted octanol–water partition coefficient (Wildman–Crippen LogP) is 2.81. The van der Waals surface area contributed by atoms with Crippen LogP contribution in [0.5, 0.6) is 5.75 Å². The van der Waals surface area contributed by atoms with Gasteiger partial charge in [-0.15, -0.1) is 0 Å². The van der Waals surface area contributed by atoms with Crippen molar-refractivity contribution in [3.8, 4) is 5.75 Å². The van der Waals surface area contributed by atoms with Gasteiger partial charge in [-0.3, -0.25) is 14.9 Å². The van der Waals surface area contributed by atoms with Crippen molar-refractivity contribution in [3.05, 3.63) is 28.3 Å². The van der Waals surface area contributed by atoms with Crippen molar-refractivity contribution in [2.24, 2.45) is 0 Å². The second-order valence-corrected chi connectivity index (χ2v) is 5.70. The minimum atomic E-state index is -0.493. The van der Waals surface area contributed by atoms with Crippen LogP contribution in [0.2, 0.25) is 0 Å². The number of non-ortho nitro benzene ring substituents is 1. The fourth-order valence-corrected chi connectivity index (χ4v) is 2.73. The normalized spacial score (nSPS) is 15.7. The Bertz CT molecular complexity index is 554. The van der Waals surface area contributed by atoms with E-state index in [9.17, 15) is 14.9 Å². The third-order valence-corrected chi connectivity index (χ3v) is 4.02. The molecular weight excluding hydrogens is 298 g/mol. The summed E-state index contributed by atoms with van der Waals surface area (Å²) in [5, 5.41) is 13.5. The molecule has 1 aromatic carbocycles. The summed E-state index contributed by atoms with van der Waals surface area (Å²) in [6, 6.07) is 4.16. The number of nitrogens with zero attached hydrogens (tertiary/aromatic N) is 2. The lowest BCUT2D eigenvalue weighted by atomic mass is 10.2. The molecule has 0 unspecified atom stereocenters. The van der Waals surface area contributed by atoms with Gasteiger partial charge in [0, 0.05) is 19.0 Å². The van der Waals surface area contributed by atoms with Crippen LogP contribution in [0.3, 0.4) is 0 Å². The van der Waals surface area contributed by atoms with E-state index >= 15 is 0 Å². The summed E-state index contributed by atoms with van der Waals surface area (Å²) >= 11 is 0. The van der Waals surface area contributed by atoms with E-state index in [0.717, 1.165) is 19.6 Å². The molecule has 0 bridgehead atoms. The molecule has 0 saturated carbocycles. The van der Waals surface area contributed by atoms with Crippen molar-refractivity contribution in [2.75, 3.05) is 32.1 Å². The van der Waals surface area contributed by atoms with Gasteiger partial charge in [0.1, 0.15) is 5.75 Å². The number of methoxy groups -OCH3 is 1. The van der Waals surface area contributed by atoms with Gasteiger partial charge in [0.15, 0.2) is 0 Å². The van der Waals surface area contributed by atoms with Crippen LogP contribution < -0.4 is 10.1 Å².